The van der Waals surface area contributed by atoms with Gasteiger partial charge < -0.3 is 10.6 Å². The highest BCUT2D eigenvalue weighted by Gasteiger charge is 2.16. The first-order chi connectivity index (χ1) is 12.2. The van der Waals surface area contributed by atoms with Gasteiger partial charge in [0.25, 0.3) is 5.91 Å². The van der Waals surface area contributed by atoms with E-state index in [0.717, 1.165) is 18.4 Å². The van der Waals surface area contributed by atoms with Gasteiger partial charge in [-0.05, 0) is 30.5 Å². The first-order valence-corrected chi connectivity index (χ1v) is 9.20. The Kier molecular flexibility index (Phi) is 6.23. The lowest BCUT2D eigenvalue weighted by Crippen LogP contribution is -2.34. The molecule has 1 amide bonds. The van der Waals surface area contributed by atoms with E-state index >= 15 is 0 Å². The van der Waals surface area contributed by atoms with E-state index in [1.807, 2.05) is 24.3 Å². The number of benzene rings is 1. The van der Waals surface area contributed by atoms with Gasteiger partial charge in [0, 0.05) is 30.0 Å². The van der Waals surface area contributed by atoms with Gasteiger partial charge in [-0.25, -0.2) is 9.97 Å². The molecule has 1 fully saturated rings. The molecule has 0 atom stereocenters. The van der Waals surface area contributed by atoms with E-state index in [-0.39, 0.29) is 11.9 Å². The standard InChI is InChI=1S/C19H23ClN4O/c20-16-9-7-14(8-10-16)11-21-19-22-12-15(13-23-19)18(25)24-17-5-3-1-2-4-6-17/h7-10,12-13,17H,1-6,11H2,(H,24,25)(H,21,22,23). The Morgan fingerprint density at radius 1 is 1.04 bits per heavy atom. The lowest BCUT2D eigenvalue weighted by Gasteiger charge is -2.16. The SMILES string of the molecule is O=C(NC1CCCCCC1)c1cnc(NCc2ccc(Cl)cc2)nc1. The number of aromatic nitrogens is 2. The molecule has 5 nitrogen and oxygen atoms in total. The van der Waals surface area contributed by atoms with Crippen LogP contribution in [0.3, 0.4) is 0 Å². The fourth-order valence-corrected chi connectivity index (χ4v) is 3.14. The Morgan fingerprint density at radius 2 is 1.68 bits per heavy atom. The van der Waals surface area contributed by atoms with E-state index in [9.17, 15) is 4.79 Å². The molecule has 6 heteroatoms. The third-order valence-corrected chi connectivity index (χ3v) is 4.72. The van der Waals surface area contributed by atoms with Crippen LogP contribution < -0.4 is 10.6 Å². The maximum Gasteiger partial charge on any atom is 0.254 e. The van der Waals surface area contributed by atoms with Crippen molar-refractivity contribution >= 4 is 23.5 Å². The predicted octanol–water partition coefficient (Wildman–Crippen LogP) is 4.19. The van der Waals surface area contributed by atoms with Crippen molar-refractivity contribution < 1.29 is 4.79 Å². The number of halogens is 1. The van der Waals surface area contributed by atoms with Crippen LogP contribution in [0.4, 0.5) is 5.95 Å². The minimum atomic E-state index is -0.0869. The number of rotatable bonds is 5. The monoisotopic (exact) mass is 358 g/mol. The molecular formula is C19H23ClN4O. The Bertz CT molecular complexity index is 680. The zero-order valence-corrected chi connectivity index (χ0v) is 14.9. The molecule has 1 aliphatic rings. The maximum absolute atomic E-state index is 12.3. The summed E-state index contributed by atoms with van der Waals surface area (Å²) >= 11 is 5.87. The van der Waals surface area contributed by atoms with Gasteiger partial charge in [0.15, 0.2) is 0 Å². The summed E-state index contributed by atoms with van der Waals surface area (Å²) in [5.41, 5.74) is 1.59. The highest BCUT2D eigenvalue weighted by Crippen LogP contribution is 2.17. The van der Waals surface area contributed by atoms with Crippen molar-refractivity contribution in [3.8, 4) is 0 Å². The molecule has 1 heterocycles. The average molecular weight is 359 g/mol. The van der Waals surface area contributed by atoms with E-state index in [2.05, 4.69) is 20.6 Å². The van der Waals surface area contributed by atoms with Crippen molar-refractivity contribution in [3.05, 3.63) is 52.8 Å². The van der Waals surface area contributed by atoms with Gasteiger partial charge in [-0.1, -0.05) is 49.4 Å². The van der Waals surface area contributed by atoms with Crippen molar-refractivity contribution in [1.29, 1.82) is 0 Å². The van der Waals surface area contributed by atoms with Gasteiger partial charge >= 0.3 is 0 Å². The van der Waals surface area contributed by atoms with Gasteiger partial charge in [0.1, 0.15) is 0 Å². The van der Waals surface area contributed by atoms with Crippen LogP contribution in [0.5, 0.6) is 0 Å². The molecule has 132 valence electrons. The second-order valence-electron chi connectivity index (χ2n) is 6.44. The summed E-state index contributed by atoms with van der Waals surface area (Å²) in [6.45, 7) is 0.602. The number of carbonyl (C=O) groups is 1. The average Bonchev–Trinajstić information content (AvgIpc) is 2.90. The van der Waals surface area contributed by atoms with Gasteiger partial charge in [-0.3, -0.25) is 4.79 Å². The lowest BCUT2D eigenvalue weighted by molar-refractivity contribution is 0.0932. The van der Waals surface area contributed by atoms with E-state index < -0.39 is 0 Å². The molecule has 0 saturated heterocycles. The van der Waals surface area contributed by atoms with Crippen LogP contribution >= 0.6 is 11.6 Å². The van der Waals surface area contributed by atoms with E-state index in [1.54, 1.807) is 12.4 Å². The summed E-state index contributed by atoms with van der Waals surface area (Å²) < 4.78 is 0. The quantitative estimate of drug-likeness (QED) is 0.786. The number of anilines is 1. The normalized spacial score (nSPS) is 15.4. The van der Waals surface area contributed by atoms with Crippen LogP contribution in [0, 0.1) is 0 Å². The fraction of sp³-hybridized carbons (Fsp3) is 0.421. The van der Waals surface area contributed by atoms with Crippen LogP contribution in [0.2, 0.25) is 5.02 Å². The number of nitrogens with one attached hydrogen (secondary N) is 2. The molecule has 2 aromatic rings. The fourth-order valence-electron chi connectivity index (χ4n) is 3.01. The maximum atomic E-state index is 12.3. The Labute approximate surface area is 153 Å². The van der Waals surface area contributed by atoms with Crippen LogP contribution in [-0.2, 0) is 6.54 Å². The summed E-state index contributed by atoms with van der Waals surface area (Å²) in [6.07, 6.45) is 10.2. The van der Waals surface area contributed by atoms with Gasteiger partial charge in [-0.2, -0.15) is 0 Å². The topological polar surface area (TPSA) is 66.9 Å². The van der Waals surface area contributed by atoms with Crippen LogP contribution in [0.15, 0.2) is 36.7 Å². The third-order valence-electron chi connectivity index (χ3n) is 4.47. The first-order valence-electron chi connectivity index (χ1n) is 8.82. The molecule has 0 bridgehead atoms. The van der Waals surface area contributed by atoms with E-state index in [4.69, 9.17) is 11.6 Å². The molecule has 25 heavy (non-hydrogen) atoms. The minimum absolute atomic E-state index is 0.0869. The van der Waals surface area contributed by atoms with Crippen LogP contribution in [0.25, 0.3) is 0 Å². The highest BCUT2D eigenvalue weighted by atomic mass is 35.5. The van der Waals surface area contributed by atoms with E-state index in [1.165, 1.54) is 25.7 Å². The van der Waals surface area contributed by atoms with Crippen molar-refractivity contribution in [2.45, 2.75) is 51.1 Å². The lowest BCUT2D eigenvalue weighted by atomic mass is 10.1. The zero-order chi connectivity index (χ0) is 17.5. The number of amides is 1. The predicted molar refractivity (Wildman–Crippen MR) is 99.8 cm³/mol. The summed E-state index contributed by atoms with van der Waals surface area (Å²) in [5, 5.41) is 6.96. The van der Waals surface area contributed by atoms with Crippen molar-refractivity contribution in [3.63, 3.8) is 0 Å². The molecule has 3 rings (SSSR count). The summed E-state index contributed by atoms with van der Waals surface area (Å²) in [6, 6.07) is 7.87. The molecule has 0 radical (unpaired) electrons. The first kappa shape index (κ1) is 17.7. The molecule has 1 aromatic carbocycles. The summed E-state index contributed by atoms with van der Waals surface area (Å²) in [4.78, 5) is 20.8. The second kappa shape index (κ2) is 8.81. The smallest absolute Gasteiger partial charge is 0.254 e. The summed E-state index contributed by atoms with van der Waals surface area (Å²) in [7, 11) is 0. The summed E-state index contributed by atoms with van der Waals surface area (Å²) in [5.74, 6) is 0.414. The molecule has 1 aromatic heterocycles. The molecule has 0 spiro atoms. The largest absolute Gasteiger partial charge is 0.350 e. The Morgan fingerprint density at radius 3 is 2.32 bits per heavy atom. The molecular weight excluding hydrogens is 336 g/mol. The molecule has 1 saturated carbocycles. The van der Waals surface area contributed by atoms with Crippen molar-refractivity contribution in [2.75, 3.05) is 5.32 Å². The van der Waals surface area contributed by atoms with Crippen LogP contribution in [0.1, 0.15) is 54.4 Å². The minimum Gasteiger partial charge on any atom is -0.350 e. The number of hydrogen-bond donors (Lipinski definition) is 2. The third kappa shape index (κ3) is 5.43. The molecule has 0 aliphatic heterocycles. The van der Waals surface area contributed by atoms with Crippen molar-refractivity contribution in [1.82, 2.24) is 15.3 Å². The van der Waals surface area contributed by atoms with E-state index in [0.29, 0.717) is 23.1 Å². The number of nitrogens with zero attached hydrogens (tertiary/aromatic N) is 2. The highest BCUT2D eigenvalue weighted by molar-refractivity contribution is 6.30. The zero-order valence-electron chi connectivity index (χ0n) is 14.2. The Balaban J connectivity index is 1.52. The molecule has 2 N–H and O–H groups in total. The van der Waals surface area contributed by atoms with Gasteiger partial charge in [0.2, 0.25) is 5.95 Å². The molecule has 1 aliphatic carbocycles. The second-order valence-corrected chi connectivity index (χ2v) is 6.87. The van der Waals surface area contributed by atoms with Gasteiger partial charge in [-0.15, -0.1) is 0 Å². The van der Waals surface area contributed by atoms with Crippen molar-refractivity contribution in [2.24, 2.45) is 0 Å². The number of hydrogen-bond acceptors (Lipinski definition) is 4. The van der Waals surface area contributed by atoms with Crippen LogP contribution in [-0.4, -0.2) is 21.9 Å². The number of carbonyl (C=O) groups excluding carboxylic acids is 1. The van der Waals surface area contributed by atoms with Gasteiger partial charge in [0.05, 0.1) is 5.56 Å². The molecule has 0 unspecified atom stereocenters. The Hall–Kier alpha value is -2.14.